The zero-order valence-corrected chi connectivity index (χ0v) is 9.04. The van der Waals surface area contributed by atoms with Crippen LogP contribution in [-0.4, -0.2) is 17.9 Å². The lowest BCUT2D eigenvalue weighted by atomic mass is 10.2. The summed E-state index contributed by atoms with van der Waals surface area (Å²) in [5, 5.41) is 18.9. The van der Waals surface area contributed by atoms with E-state index in [4.69, 9.17) is 9.31 Å². The molecule has 5 heteroatoms. The van der Waals surface area contributed by atoms with E-state index in [1.165, 1.54) is 12.1 Å². The highest BCUT2D eigenvalue weighted by molar-refractivity contribution is 6.21. The first-order valence-electron chi connectivity index (χ1n) is 5.09. The van der Waals surface area contributed by atoms with Crippen molar-refractivity contribution in [1.29, 1.82) is 0 Å². The van der Waals surface area contributed by atoms with Gasteiger partial charge in [0, 0.05) is 0 Å². The van der Waals surface area contributed by atoms with Gasteiger partial charge in [0.1, 0.15) is 11.5 Å². The number of aromatic hydroxyl groups is 2. The quantitative estimate of drug-likeness (QED) is 0.786. The van der Waals surface area contributed by atoms with Crippen molar-refractivity contribution in [2.45, 2.75) is 0 Å². The van der Waals surface area contributed by atoms with Crippen molar-refractivity contribution in [1.82, 2.24) is 0 Å². The van der Waals surface area contributed by atoms with Gasteiger partial charge in [-0.25, -0.2) is 0 Å². The molecule has 17 heavy (non-hydrogen) atoms. The van der Waals surface area contributed by atoms with E-state index >= 15 is 0 Å². The fourth-order valence-corrected chi connectivity index (χ4v) is 1.31. The van der Waals surface area contributed by atoms with Crippen LogP contribution in [0.2, 0.25) is 0 Å². The minimum Gasteiger partial charge on any atom is -0.526 e. The monoisotopic (exact) mass is 230 g/mol. The molecule has 0 amide bonds. The van der Waals surface area contributed by atoms with Gasteiger partial charge in [-0.05, 0) is 24.3 Å². The molecule has 0 atom stereocenters. The number of para-hydroxylation sites is 4. The first kappa shape index (κ1) is 11.2. The van der Waals surface area contributed by atoms with Gasteiger partial charge in [-0.2, -0.15) is 0 Å². The van der Waals surface area contributed by atoms with Crippen LogP contribution in [-0.2, 0) is 0 Å². The summed E-state index contributed by atoms with van der Waals surface area (Å²) in [5.74, 6) is 0.771. The highest BCUT2D eigenvalue weighted by atomic mass is 16.6. The van der Waals surface area contributed by atoms with Crippen molar-refractivity contribution in [3.8, 4) is 23.0 Å². The predicted octanol–water partition coefficient (Wildman–Crippen LogP) is 1.82. The van der Waals surface area contributed by atoms with Crippen LogP contribution in [0.3, 0.4) is 0 Å². The Hall–Kier alpha value is -2.30. The van der Waals surface area contributed by atoms with Gasteiger partial charge in [0.25, 0.3) is 0 Å². The average molecular weight is 230 g/mol. The Kier molecular flexibility index (Phi) is 3.40. The number of hydrogen-bond donors (Lipinski definition) is 2. The van der Waals surface area contributed by atoms with E-state index in [1.807, 2.05) is 0 Å². The Morgan fingerprint density at radius 1 is 0.706 bits per heavy atom. The molecule has 0 aromatic heterocycles. The summed E-state index contributed by atoms with van der Waals surface area (Å²) in [6.45, 7) is 0. The Labute approximate surface area is 99.4 Å². The van der Waals surface area contributed by atoms with Crippen molar-refractivity contribution < 1.29 is 19.5 Å². The van der Waals surface area contributed by atoms with Crippen molar-refractivity contribution in [2.24, 2.45) is 0 Å². The van der Waals surface area contributed by atoms with E-state index in [0.29, 0.717) is 11.5 Å². The molecule has 0 bridgehead atoms. The van der Waals surface area contributed by atoms with Gasteiger partial charge >= 0.3 is 7.69 Å². The summed E-state index contributed by atoms with van der Waals surface area (Å²) in [7, 11) is -0.0881. The third-order valence-corrected chi connectivity index (χ3v) is 2.16. The van der Waals surface area contributed by atoms with E-state index < -0.39 is 0 Å². The lowest BCUT2D eigenvalue weighted by Gasteiger charge is -2.09. The molecule has 0 saturated heterocycles. The Balaban J connectivity index is 1.93. The fraction of sp³-hybridized carbons (Fsp3) is 0. The third kappa shape index (κ3) is 2.84. The van der Waals surface area contributed by atoms with Crippen LogP contribution >= 0.6 is 0 Å². The lowest BCUT2D eigenvalue weighted by Crippen LogP contribution is -2.10. The van der Waals surface area contributed by atoms with E-state index in [9.17, 15) is 10.2 Å². The van der Waals surface area contributed by atoms with Crippen LogP contribution in [0, 0.1) is 0 Å². The smallest absolute Gasteiger partial charge is 0.526 e. The third-order valence-electron chi connectivity index (χ3n) is 2.16. The summed E-state index contributed by atoms with van der Waals surface area (Å²) in [6.07, 6.45) is 0. The molecule has 2 rings (SSSR count). The van der Waals surface area contributed by atoms with Crippen molar-refractivity contribution in [3.63, 3.8) is 0 Å². The molecule has 2 N–H and O–H groups in total. The molecule has 2 aromatic carbocycles. The number of benzene rings is 2. The zero-order chi connectivity index (χ0) is 12.1. The van der Waals surface area contributed by atoms with Gasteiger partial charge in [0.05, 0.1) is 0 Å². The van der Waals surface area contributed by atoms with Crippen molar-refractivity contribution >= 4 is 7.69 Å². The molecule has 0 aliphatic rings. The largest absolute Gasteiger partial charge is 0.576 e. The Morgan fingerprint density at radius 3 is 1.53 bits per heavy atom. The lowest BCUT2D eigenvalue weighted by molar-refractivity contribution is 0.397. The maximum atomic E-state index is 9.43. The molecule has 86 valence electrons. The minimum absolute atomic E-state index is 0.0494. The molecule has 0 fully saturated rings. The van der Waals surface area contributed by atoms with Gasteiger partial charge in [0.2, 0.25) is 0 Å². The number of phenolic OH excluding ortho intramolecular Hbond substituents is 2. The van der Waals surface area contributed by atoms with Gasteiger partial charge < -0.3 is 19.5 Å². The van der Waals surface area contributed by atoms with Crippen LogP contribution in [0.5, 0.6) is 23.0 Å². The fourth-order valence-electron chi connectivity index (χ4n) is 1.31. The van der Waals surface area contributed by atoms with Crippen LogP contribution < -0.4 is 9.31 Å². The SMILES string of the molecule is Oc1ccccc1OBOc1ccccc1O. The molecule has 0 spiro atoms. The molecule has 0 aliphatic carbocycles. The van der Waals surface area contributed by atoms with E-state index in [-0.39, 0.29) is 19.2 Å². The molecular formula is C12H11BO4. The molecule has 0 saturated carbocycles. The number of phenols is 2. The highest BCUT2D eigenvalue weighted by Crippen LogP contribution is 2.26. The second-order valence-corrected chi connectivity index (χ2v) is 3.34. The number of hydrogen-bond acceptors (Lipinski definition) is 4. The standard InChI is InChI=1S/C12H11BO4/c14-9-5-1-3-7-11(9)16-13-17-12-8-4-2-6-10(12)15/h1-8,13-15H. The Morgan fingerprint density at radius 2 is 1.12 bits per heavy atom. The van der Waals surface area contributed by atoms with Gasteiger partial charge in [-0.15, -0.1) is 0 Å². The maximum absolute atomic E-state index is 9.43. The molecule has 0 heterocycles. The summed E-state index contributed by atoms with van der Waals surface area (Å²) < 4.78 is 10.4. The highest BCUT2D eigenvalue weighted by Gasteiger charge is 2.05. The molecule has 0 aliphatic heterocycles. The molecule has 0 unspecified atom stereocenters. The second kappa shape index (κ2) is 5.16. The maximum Gasteiger partial charge on any atom is 0.576 e. The molecular weight excluding hydrogens is 219 g/mol. The van der Waals surface area contributed by atoms with Crippen molar-refractivity contribution in [3.05, 3.63) is 48.5 Å². The van der Waals surface area contributed by atoms with Gasteiger partial charge in [0.15, 0.2) is 11.5 Å². The number of rotatable bonds is 4. The summed E-state index contributed by atoms with van der Waals surface area (Å²) >= 11 is 0. The van der Waals surface area contributed by atoms with Crippen LogP contribution in [0.15, 0.2) is 48.5 Å². The minimum atomic E-state index is -0.0881. The Bertz CT molecular complexity index is 456. The van der Waals surface area contributed by atoms with Crippen LogP contribution in [0.25, 0.3) is 0 Å². The van der Waals surface area contributed by atoms with Crippen molar-refractivity contribution in [2.75, 3.05) is 0 Å². The summed E-state index contributed by atoms with van der Waals surface area (Å²) in [5.41, 5.74) is 0. The van der Waals surface area contributed by atoms with E-state index in [0.717, 1.165) is 0 Å². The first-order chi connectivity index (χ1) is 8.27. The second-order valence-electron chi connectivity index (χ2n) is 3.34. The summed E-state index contributed by atoms with van der Waals surface area (Å²) in [4.78, 5) is 0. The topological polar surface area (TPSA) is 58.9 Å². The molecule has 4 nitrogen and oxygen atoms in total. The predicted molar refractivity (Wildman–Crippen MR) is 64.6 cm³/mol. The summed E-state index contributed by atoms with van der Waals surface area (Å²) in [6, 6.07) is 13.2. The molecule has 2 aromatic rings. The van der Waals surface area contributed by atoms with Gasteiger partial charge in [-0.1, -0.05) is 24.3 Å². The first-order valence-corrected chi connectivity index (χ1v) is 5.09. The average Bonchev–Trinajstić information content (AvgIpc) is 2.34. The van der Waals surface area contributed by atoms with Crippen LogP contribution in [0.4, 0.5) is 0 Å². The van der Waals surface area contributed by atoms with Crippen LogP contribution in [0.1, 0.15) is 0 Å². The molecule has 0 radical (unpaired) electrons. The zero-order valence-electron chi connectivity index (χ0n) is 9.04. The van der Waals surface area contributed by atoms with E-state index in [1.54, 1.807) is 36.4 Å². The van der Waals surface area contributed by atoms with Gasteiger partial charge in [-0.3, -0.25) is 0 Å². The normalized spacial score (nSPS) is 9.65. The van der Waals surface area contributed by atoms with E-state index in [2.05, 4.69) is 0 Å².